The molecule has 0 radical (unpaired) electrons. The third kappa shape index (κ3) is 3.24. The molecule has 1 aromatic heterocycles. The fraction of sp³-hybridized carbons (Fsp3) is 0.278. The van der Waals surface area contributed by atoms with Gasteiger partial charge in [0.15, 0.2) is 0 Å². The number of fused-ring (bicyclic) bond motifs is 1. The monoisotopic (exact) mass is 279 g/mol. The molecule has 0 aliphatic carbocycles. The summed E-state index contributed by atoms with van der Waals surface area (Å²) in [6.07, 6.45) is 3.01. The van der Waals surface area contributed by atoms with E-state index >= 15 is 0 Å². The van der Waals surface area contributed by atoms with Crippen LogP contribution >= 0.6 is 0 Å². The van der Waals surface area contributed by atoms with Gasteiger partial charge in [-0.05, 0) is 35.6 Å². The van der Waals surface area contributed by atoms with Crippen LogP contribution in [0.4, 0.5) is 5.69 Å². The van der Waals surface area contributed by atoms with Gasteiger partial charge in [-0.2, -0.15) is 5.10 Å². The average molecular weight is 279 g/mol. The highest BCUT2D eigenvalue weighted by atomic mass is 15.1. The van der Waals surface area contributed by atoms with E-state index in [0.717, 1.165) is 29.6 Å². The lowest BCUT2D eigenvalue weighted by molar-refractivity contribution is 0.647. The third-order valence-electron chi connectivity index (χ3n) is 3.63. The summed E-state index contributed by atoms with van der Waals surface area (Å²) < 4.78 is 0. The number of hydrogen-bond acceptors (Lipinski definition) is 2. The van der Waals surface area contributed by atoms with Crippen LogP contribution in [-0.4, -0.2) is 10.2 Å². The maximum Gasteiger partial charge on any atom is 0.0671 e. The molecule has 2 aromatic carbocycles. The molecule has 3 heteroatoms. The first-order chi connectivity index (χ1) is 10.2. The lowest BCUT2D eigenvalue weighted by atomic mass is 10.0. The van der Waals surface area contributed by atoms with Crippen LogP contribution in [0.2, 0.25) is 0 Å². The second kappa shape index (κ2) is 6.00. The SMILES string of the molecule is CC(C)Cc1ccc(CNc2cccc3[nH]ncc23)cc1. The van der Waals surface area contributed by atoms with Crippen molar-refractivity contribution in [1.82, 2.24) is 10.2 Å². The van der Waals surface area contributed by atoms with Crippen LogP contribution < -0.4 is 5.32 Å². The van der Waals surface area contributed by atoms with Crippen LogP contribution in [0.15, 0.2) is 48.7 Å². The Kier molecular flexibility index (Phi) is 3.91. The number of nitrogens with zero attached hydrogens (tertiary/aromatic N) is 1. The minimum atomic E-state index is 0.702. The van der Waals surface area contributed by atoms with Crippen molar-refractivity contribution in [2.24, 2.45) is 5.92 Å². The number of rotatable bonds is 5. The summed E-state index contributed by atoms with van der Waals surface area (Å²) >= 11 is 0. The first kappa shape index (κ1) is 13.7. The molecule has 3 nitrogen and oxygen atoms in total. The van der Waals surface area contributed by atoms with Gasteiger partial charge >= 0.3 is 0 Å². The normalized spacial score (nSPS) is 11.2. The molecule has 0 aliphatic heterocycles. The maximum absolute atomic E-state index is 4.09. The molecule has 0 unspecified atom stereocenters. The lowest BCUT2D eigenvalue weighted by Crippen LogP contribution is -2.00. The Hall–Kier alpha value is -2.29. The number of aromatic nitrogens is 2. The van der Waals surface area contributed by atoms with E-state index in [0.29, 0.717) is 5.92 Å². The van der Waals surface area contributed by atoms with Crippen molar-refractivity contribution in [3.8, 4) is 0 Å². The van der Waals surface area contributed by atoms with Crippen molar-refractivity contribution in [3.05, 3.63) is 59.8 Å². The quantitative estimate of drug-likeness (QED) is 0.728. The average Bonchev–Trinajstić information content (AvgIpc) is 2.95. The molecule has 0 aliphatic rings. The highest BCUT2D eigenvalue weighted by Crippen LogP contribution is 2.21. The minimum Gasteiger partial charge on any atom is -0.380 e. The summed E-state index contributed by atoms with van der Waals surface area (Å²) in [5.41, 5.74) is 4.88. The molecular weight excluding hydrogens is 258 g/mol. The third-order valence-corrected chi connectivity index (χ3v) is 3.63. The summed E-state index contributed by atoms with van der Waals surface area (Å²) in [7, 11) is 0. The topological polar surface area (TPSA) is 40.7 Å². The van der Waals surface area contributed by atoms with Crippen LogP contribution in [0.3, 0.4) is 0 Å². The Morgan fingerprint density at radius 2 is 1.81 bits per heavy atom. The fourth-order valence-corrected chi connectivity index (χ4v) is 2.58. The van der Waals surface area contributed by atoms with Crippen molar-refractivity contribution in [2.45, 2.75) is 26.8 Å². The zero-order valence-electron chi connectivity index (χ0n) is 12.6. The lowest BCUT2D eigenvalue weighted by Gasteiger charge is -2.09. The molecule has 108 valence electrons. The van der Waals surface area contributed by atoms with Crippen molar-refractivity contribution >= 4 is 16.6 Å². The highest BCUT2D eigenvalue weighted by Gasteiger charge is 2.02. The molecule has 0 bridgehead atoms. The van der Waals surface area contributed by atoms with Crippen LogP contribution in [0.25, 0.3) is 10.9 Å². The molecule has 0 atom stereocenters. The minimum absolute atomic E-state index is 0.702. The summed E-state index contributed by atoms with van der Waals surface area (Å²) in [6, 6.07) is 15.0. The Bertz CT molecular complexity index is 711. The molecule has 2 N–H and O–H groups in total. The van der Waals surface area contributed by atoms with Gasteiger partial charge in [0, 0.05) is 17.6 Å². The summed E-state index contributed by atoms with van der Waals surface area (Å²) in [5.74, 6) is 0.702. The largest absolute Gasteiger partial charge is 0.380 e. The van der Waals surface area contributed by atoms with Crippen LogP contribution in [0, 0.1) is 5.92 Å². The predicted molar refractivity (Wildman–Crippen MR) is 88.4 cm³/mol. The van der Waals surface area contributed by atoms with Crippen LogP contribution in [0.1, 0.15) is 25.0 Å². The number of H-pyrrole nitrogens is 1. The van der Waals surface area contributed by atoms with E-state index in [4.69, 9.17) is 0 Å². The van der Waals surface area contributed by atoms with Gasteiger partial charge in [0.1, 0.15) is 0 Å². The number of benzene rings is 2. The predicted octanol–water partition coefficient (Wildman–Crippen LogP) is 4.37. The van der Waals surface area contributed by atoms with Crippen molar-refractivity contribution in [2.75, 3.05) is 5.32 Å². The molecule has 1 heterocycles. The molecule has 3 aromatic rings. The highest BCUT2D eigenvalue weighted by molar-refractivity contribution is 5.90. The molecule has 0 amide bonds. The summed E-state index contributed by atoms with van der Waals surface area (Å²) in [4.78, 5) is 0. The molecule has 0 saturated heterocycles. The van der Waals surface area contributed by atoms with Crippen LogP contribution in [-0.2, 0) is 13.0 Å². The molecule has 0 fully saturated rings. The Morgan fingerprint density at radius 3 is 2.57 bits per heavy atom. The summed E-state index contributed by atoms with van der Waals surface area (Å²) in [5, 5.41) is 11.7. The first-order valence-corrected chi connectivity index (χ1v) is 7.46. The van der Waals surface area contributed by atoms with E-state index in [9.17, 15) is 0 Å². The van der Waals surface area contributed by atoms with Crippen molar-refractivity contribution in [1.29, 1.82) is 0 Å². The van der Waals surface area contributed by atoms with E-state index in [2.05, 4.69) is 59.7 Å². The molecular formula is C18H21N3. The first-order valence-electron chi connectivity index (χ1n) is 7.46. The smallest absolute Gasteiger partial charge is 0.0671 e. The van der Waals surface area contributed by atoms with Crippen LogP contribution in [0.5, 0.6) is 0 Å². The van der Waals surface area contributed by atoms with Gasteiger partial charge in [-0.1, -0.05) is 44.2 Å². The number of hydrogen-bond donors (Lipinski definition) is 2. The van der Waals surface area contributed by atoms with Gasteiger partial charge in [-0.25, -0.2) is 0 Å². The number of nitrogens with one attached hydrogen (secondary N) is 2. The fourth-order valence-electron chi connectivity index (χ4n) is 2.58. The summed E-state index contributed by atoms with van der Waals surface area (Å²) in [6.45, 7) is 5.33. The van der Waals surface area contributed by atoms with Gasteiger partial charge in [-0.15, -0.1) is 0 Å². The van der Waals surface area contributed by atoms with Crippen molar-refractivity contribution < 1.29 is 0 Å². The van der Waals surface area contributed by atoms with E-state index in [1.807, 2.05) is 18.3 Å². The maximum atomic E-state index is 4.09. The van der Waals surface area contributed by atoms with E-state index in [1.54, 1.807) is 0 Å². The second-order valence-electron chi connectivity index (χ2n) is 5.90. The number of anilines is 1. The van der Waals surface area contributed by atoms with Gasteiger partial charge in [0.2, 0.25) is 0 Å². The van der Waals surface area contributed by atoms with Gasteiger partial charge in [-0.3, -0.25) is 5.10 Å². The molecule has 21 heavy (non-hydrogen) atoms. The van der Waals surface area contributed by atoms with E-state index in [-0.39, 0.29) is 0 Å². The Balaban J connectivity index is 1.68. The molecule has 3 rings (SSSR count). The molecule has 0 spiro atoms. The number of aromatic amines is 1. The van der Waals surface area contributed by atoms with Gasteiger partial charge in [0.05, 0.1) is 11.7 Å². The molecule has 0 saturated carbocycles. The standard InChI is InChI=1S/C18H21N3/c1-13(2)10-14-6-8-15(9-7-14)11-19-17-4-3-5-18-16(17)12-20-21-18/h3-9,12-13,19H,10-11H2,1-2H3,(H,20,21). The van der Waals surface area contributed by atoms with Gasteiger partial charge < -0.3 is 5.32 Å². The Labute approximate surface area is 125 Å². The van der Waals surface area contributed by atoms with Crippen molar-refractivity contribution in [3.63, 3.8) is 0 Å². The van der Waals surface area contributed by atoms with Gasteiger partial charge in [0.25, 0.3) is 0 Å². The Morgan fingerprint density at radius 1 is 1.05 bits per heavy atom. The van der Waals surface area contributed by atoms with E-state index in [1.165, 1.54) is 11.1 Å². The second-order valence-corrected chi connectivity index (χ2v) is 5.90. The van der Waals surface area contributed by atoms with E-state index < -0.39 is 0 Å². The zero-order chi connectivity index (χ0) is 14.7. The zero-order valence-corrected chi connectivity index (χ0v) is 12.6.